The predicted molar refractivity (Wildman–Crippen MR) is 147 cm³/mol. The molecule has 3 aliphatic heterocycles. The predicted octanol–water partition coefficient (Wildman–Crippen LogP) is 4.98. The maximum atomic E-state index is 14.6. The highest BCUT2D eigenvalue weighted by atomic mass is 32.1. The van der Waals surface area contributed by atoms with Gasteiger partial charge in [0.05, 0.1) is 18.9 Å². The SMILES string of the molecule is COCCC1CCN(Cc2cc3c(s2)CC(N2CCOCC2)=NC(c2cc(F)cc4[nH]ccc24)=N3)CC1. The van der Waals surface area contributed by atoms with Crippen LogP contribution in [0, 0.1) is 11.7 Å². The molecule has 9 heteroatoms. The minimum Gasteiger partial charge on any atom is -0.385 e. The number of aliphatic imine (C=N–C) groups is 2. The van der Waals surface area contributed by atoms with Crippen LogP contribution < -0.4 is 0 Å². The summed E-state index contributed by atoms with van der Waals surface area (Å²) in [6.45, 7) is 7.05. The van der Waals surface area contributed by atoms with Gasteiger partial charge < -0.3 is 19.4 Å². The van der Waals surface area contributed by atoms with Crippen molar-refractivity contribution in [3.05, 3.63) is 51.6 Å². The Morgan fingerprint density at radius 1 is 1.14 bits per heavy atom. The third-order valence-electron chi connectivity index (χ3n) is 7.69. The summed E-state index contributed by atoms with van der Waals surface area (Å²) in [5.41, 5.74) is 2.44. The van der Waals surface area contributed by atoms with Crippen LogP contribution >= 0.6 is 11.3 Å². The molecule has 2 saturated heterocycles. The number of morpholine rings is 1. The van der Waals surface area contributed by atoms with Gasteiger partial charge in [0.1, 0.15) is 11.7 Å². The first-order valence-electron chi connectivity index (χ1n) is 13.2. The molecule has 2 fully saturated rings. The molecule has 0 spiro atoms. The summed E-state index contributed by atoms with van der Waals surface area (Å²) < 4.78 is 25.4. The molecule has 0 radical (unpaired) electrons. The molecule has 3 aliphatic rings. The number of aromatic nitrogens is 1. The lowest BCUT2D eigenvalue weighted by molar-refractivity contribution is 0.0675. The Labute approximate surface area is 221 Å². The first-order valence-corrected chi connectivity index (χ1v) is 14.1. The van der Waals surface area contributed by atoms with Crippen molar-refractivity contribution in [2.75, 3.05) is 53.1 Å². The summed E-state index contributed by atoms with van der Waals surface area (Å²) in [7, 11) is 1.79. The Balaban J connectivity index is 1.29. The van der Waals surface area contributed by atoms with Crippen molar-refractivity contribution in [3.63, 3.8) is 0 Å². The number of amidine groups is 2. The van der Waals surface area contributed by atoms with Gasteiger partial charge in [-0.3, -0.25) is 4.90 Å². The molecule has 37 heavy (non-hydrogen) atoms. The molecule has 0 atom stereocenters. The quantitative estimate of drug-likeness (QED) is 0.495. The fourth-order valence-electron chi connectivity index (χ4n) is 5.60. The Morgan fingerprint density at radius 3 is 2.78 bits per heavy atom. The number of thiophene rings is 1. The fourth-order valence-corrected chi connectivity index (χ4v) is 6.74. The van der Waals surface area contributed by atoms with Crippen molar-refractivity contribution in [2.45, 2.75) is 32.2 Å². The van der Waals surface area contributed by atoms with Crippen LogP contribution in [0.25, 0.3) is 10.9 Å². The number of methoxy groups -OCH3 is 1. The van der Waals surface area contributed by atoms with Gasteiger partial charge >= 0.3 is 0 Å². The maximum absolute atomic E-state index is 14.6. The minimum atomic E-state index is -0.292. The highest BCUT2D eigenvalue weighted by Gasteiger charge is 2.25. The second-order valence-electron chi connectivity index (χ2n) is 10.2. The summed E-state index contributed by atoms with van der Waals surface area (Å²) in [5, 5.41) is 0.931. The first kappa shape index (κ1) is 24.7. The van der Waals surface area contributed by atoms with E-state index in [0.29, 0.717) is 19.0 Å². The second-order valence-corrected chi connectivity index (χ2v) is 11.4. The number of benzene rings is 1. The molecular formula is C28H34FN5O2S. The molecule has 0 saturated carbocycles. The van der Waals surface area contributed by atoms with Crippen LogP contribution in [-0.2, 0) is 22.4 Å². The normalized spacial score (nSPS) is 19.6. The van der Waals surface area contributed by atoms with Gasteiger partial charge in [0.2, 0.25) is 0 Å². The molecule has 1 N–H and O–H groups in total. The molecule has 0 unspecified atom stereocenters. The third kappa shape index (κ3) is 5.50. The monoisotopic (exact) mass is 523 g/mol. The standard InChI is InChI=1S/C28H34FN5O2S/c1-35-11-5-19-3-7-33(8-4-19)18-21-16-25-26(37-21)17-27(34-9-12-36-13-10-34)32-28(31-25)23-14-20(29)15-24-22(23)2-6-30-24/h2,6,14-16,19,30H,3-5,7-13,17-18H2,1H3. The van der Waals surface area contributed by atoms with Gasteiger partial charge in [0, 0.05) is 72.2 Å². The van der Waals surface area contributed by atoms with E-state index in [1.807, 2.05) is 23.6 Å². The lowest BCUT2D eigenvalue weighted by Gasteiger charge is -2.31. The number of nitrogens with zero attached hydrogens (tertiary/aromatic N) is 4. The number of rotatable bonds is 6. The van der Waals surface area contributed by atoms with E-state index in [1.54, 1.807) is 13.2 Å². The number of ether oxygens (including phenoxy) is 2. The number of halogens is 1. The van der Waals surface area contributed by atoms with Gasteiger partial charge in [-0.25, -0.2) is 14.4 Å². The summed E-state index contributed by atoms with van der Waals surface area (Å²) in [5.74, 6) is 2.04. The molecule has 6 rings (SSSR count). The number of piperidine rings is 1. The Hall–Kier alpha value is -2.59. The molecule has 5 heterocycles. The average Bonchev–Trinajstić information content (AvgIpc) is 3.49. The molecule has 7 nitrogen and oxygen atoms in total. The molecule has 0 amide bonds. The summed E-state index contributed by atoms with van der Waals surface area (Å²) in [6.07, 6.45) is 6.20. The van der Waals surface area contributed by atoms with Crippen LogP contribution in [0.2, 0.25) is 0 Å². The largest absolute Gasteiger partial charge is 0.385 e. The maximum Gasteiger partial charge on any atom is 0.162 e. The smallest absolute Gasteiger partial charge is 0.162 e. The number of nitrogens with one attached hydrogen (secondary N) is 1. The molecule has 3 aromatic rings. The lowest BCUT2D eigenvalue weighted by atomic mass is 9.94. The summed E-state index contributed by atoms with van der Waals surface area (Å²) >= 11 is 1.84. The fraction of sp³-hybridized carbons (Fsp3) is 0.500. The summed E-state index contributed by atoms with van der Waals surface area (Å²) in [6, 6.07) is 7.27. The molecule has 0 aliphatic carbocycles. The number of fused-ring (bicyclic) bond motifs is 2. The Kier molecular flexibility index (Phi) is 7.37. The van der Waals surface area contributed by atoms with Crippen molar-refractivity contribution in [1.82, 2.24) is 14.8 Å². The van der Waals surface area contributed by atoms with E-state index < -0.39 is 0 Å². The zero-order valence-electron chi connectivity index (χ0n) is 21.3. The zero-order chi connectivity index (χ0) is 25.2. The number of hydrogen-bond acceptors (Lipinski definition) is 7. The van der Waals surface area contributed by atoms with Crippen LogP contribution in [0.4, 0.5) is 10.1 Å². The van der Waals surface area contributed by atoms with Gasteiger partial charge in [-0.2, -0.15) is 0 Å². The van der Waals surface area contributed by atoms with Gasteiger partial charge in [-0.1, -0.05) is 0 Å². The Morgan fingerprint density at radius 2 is 1.97 bits per heavy atom. The highest BCUT2D eigenvalue weighted by molar-refractivity contribution is 7.12. The molecule has 0 bridgehead atoms. The molecule has 1 aromatic carbocycles. The van der Waals surface area contributed by atoms with Crippen molar-refractivity contribution >= 4 is 39.6 Å². The van der Waals surface area contributed by atoms with Crippen LogP contribution in [0.3, 0.4) is 0 Å². The van der Waals surface area contributed by atoms with Crippen LogP contribution in [0.15, 0.2) is 40.4 Å². The van der Waals surface area contributed by atoms with Crippen LogP contribution in [-0.4, -0.2) is 79.6 Å². The van der Waals surface area contributed by atoms with E-state index in [4.69, 9.17) is 19.5 Å². The number of aromatic amines is 1. The van der Waals surface area contributed by atoms with Crippen molar-refractivity contribution in [3.8, 4) is 0 Å². The van der Waals surface area contributed by atoms with Crippen molar-refractivity contribution < 1.29 is 13.9 Å². The zero-order valence-corrected chi connectivity index (χ0v) is 22.2. The van der Waals surface area contributed by atoms with E-state index in [-0.39, 0.29) is 5.82 Å². The van der Waals surface area contributed by atoms with Crippen molar-refractivity contribution in [1.29, 1.82) is 0 Å². The topological polar surface area (TPSA) is 65.4 Å². The van der Waals surface area contributed by atoms with Gasteiger partial charge in [-0.15, -0.1) is 11.3 Å². The molecule has 196 valence electrons. The van der Waals surface area contributed by atoms with E-state index in [9.17, 15) is 4.39 Å². The van der Waals surface area contributed by atoms with Crippen molar-refractivity contribution in [2.24, 2.45) is 15.9 Å². The van der Waals surface area contributed by atoms with E-state index in [1.165, 1.54) is 28.7 Å². The minimum absolute atomic E-state index is 0.292. The van der Waals surface area contributed by atoms with E-state index >= 15 is 0 Å². The van der Waals surface area contributed by atoms with Crippen LogP contribution in [0.5, 0.6) is 0 Å². The molecular weight excluding hydrogens is 489 g/mol. The van der Waals surface area contributed by atoms with Gasteiger partial charge in [0.25, 0.3) is 0 Å². The lowest BCUT2D eigenvalue weighted by Crippen LogP contribution is -2.41. The Bertz CT molecular complexity index is 1300. The second kappa shape index (κ2) is 11.0. The third-order valence-corrected chi connectivity index (χ3v) is 8.79. The number of hydrogen-bond donors (Lipinski definition) is 1. The van der Waals surface area contributed by atoms with Gasteiger partial charge in [0.15, 0.2) is 5.84 Å². The highest BCUT2D eigenvalue weighted by Crippen LogP contribution is 2.36. The number of H-pyrrole nitrogens is 1. The van der Waals surface area contributed by atoms with Gasteiger partial charge in [-0.05, 0) is 62.5 Å². The number of likely N-dealkylation sites (tertiary alicyclic amines) is 1. The van der Waals surface area contributed by atoms with E-state index in [2.05, 4.69) is 20.9 Å². The van der Waals surface area contributed by atoms with E-state index in [0.717, 1.165) is 86.1 Å². The molecule has 2 aromatic heterocycles. The first-order chi connectivity index (χ1) is 18.2. The average molecular weight is 524 g/mol. The van der Waals surface area contributed by atoms with Crippen LogP contribution in [0.1, 0.15) is 34.6 Å². The summed E-state index contributed by atoms with van der Waals surface area (Å²) in [4.78, 5) is 20.7.